The Bertz CT molecular complexity index is 877. The number of benzene rings is 2. The maximum Gasteiger partial charge on any atom is 0.123 e. The topological polar surface area (TPSA) is 21.8 Å². The highest BCUT2D eigenvalue weighted by molar-refractivity contribution is 6.42. The minimum absolute atomic E-state index is 0.146. The Balaban J connectivity index is 0.000000227. The number of nitrogens with one attached hydrogen (secondary N) is 1. The van der Waals surface area contributed by atoms with Crippen LogP contribution >= 0.6 is 23.2 Å². The summed E-state index contributed by atoms with van der Waals surface area (Å²) in [5, 5.41) is 4.38. The van der Waals surface area contributed by atoms with Crippen molar-refractivity contribution in [1.82, 2.24) is 14.7 Å². The van der Waals surface area contributed by atoms with Gasteiger partial charge >= 0.3 is 0 Å². The van der Waals surface area contributed by atoms with E-state index >= 15 is 0 Å². The second kappa shape index (κ2) is 16.1. The zero-order valence-corrected chi connectivity index (χ0v) is 23.0. The lowest BCUT2D eigenvalue weighted by atomic mass is 10.1. The fourth-order valence-corrected chi connectivity index (χ4v) is 4.16. The van der Waals surface area contributed by atoms with Crippen LogP contribution in [0, 0.1) is 5.82 Å². The number of halogens is 3. The number of piperazine rings is 1. The van der Waals surface area contributed by atoms with Crippen molar-refractivity contribution >= 4 is 28.9 Å². The van der Waals surface area contributed by atoms with Crippen LogP contribution in [0.5, 0.6) is 0 Å². The van der Waals surface area contributed by atoms with Crippen LogP contribution in [0.4, 0.5) is 10.1 Å². The fraction of sp³-hybridized carbons (Fsp3) is 0.500. The van der Waals surface area contributed by atoms with Gasteiger partial charge in [-0.1, -0.05) is 68.6 Å². The number of anilines is 1. The van der Waals surface area contributed by atoms with Gasteiger partial charge in [0.25, 0.3) is 0 Å². The third kappa shape index (κ3) is 11.2. The number of rotatable bonds is 5. The van der Waals surface area contributed by atoms with Crippen molar-refractivity contribution in [3.63, 3.8) is 0 Å². The van der Waals surface area contributed by atoms with E-state index in [0.717, 1.165) is 44.2 Å². The van der Waals surface area contributed by atoms with E-state index in [4.69, 9.17) is 23.2 Å². The van der Waals surface area contributed by atoms with Crippen molar-refractivity contribution in [3.8, 4) is 0 Å². The Morgan fingerprint density at radius 3 is 2.06 bits per heavy atom. The summed E-state index contributed by atoms with van der Waals surface area (Å²) in [7, 11) is 2.13. The predicted octanol–water partition coefficient (Wildman–Crippen LogP) is 7.35. The molecule has 4 nitrogen and oxygen atoms in total. The molecule has 1 N–H and O–H groups in total. The van der Waals surface area contributed by atoms with Gasteiger partial charge < -0.3 is 15.1 Å². The molecule has 0 saturated carbocycles. The number of hydrogen-bond donors (Lipinski definition) is 1. The molecule has 0 aliphatic carbocycles. The van der Waals surface area contributed by atoms with Crippen LogP contribution in [0.25, 0.3) is 0 Å². The van der Waals surface area contributed by atoms with Crippen LogP contribution in [-0.4, -0.2) is 61.0 Å². The van der Waals surface area contributed by atoms with Gasteiger partial charge in [-0.15, -0.1) is 0 Å². The molecule has 0 aromatic heterocycles. The monoisotopic (exact) mass is 522 g/mol. The van der Waals surface area contributed by atoms with E-state index in [1.165, 1.54) is 44.3 Å². The molecule has 0 radical (unpaired) electrons. The number of piperidine rings is 1. The Hall–Kier alpha value is -1.79. The molecular weight excluding hydrogens is 482 g/mol. The summed E-state index contributed by atoms with van der Waals surface area (Å²) in [4.78, 5) is 6.99. The lowest BCUT2D eigenvalue weighted by molar-refractivity contribution is 0.188. The van der Waals surface area contributed by atoms with Crippen LogP contribution < -0.4 is 5.32 Å². The Morgan fingerprint density at radius 1 is 0.886 bits per heavy atom. The van der Waals surface area contributed by atoms with Crippen LogP contribution in [0.2, 0.25) is 10.0 Å². The summed E-state index contributed by atoms with van der Waals surface area (Å²) < 4.78 is 12.7. The largest absolute Gasteiger partial charge is 0.356 e. The summed E-state index contributed by atoms with van der Waals surface area (Å²) in [6.07, 6.45) is 5.22. The Kier molecular flexibility index (Phi) is 13.5. The van der Waals surface area contributed by atoms with Crippen LogP contribution in [0.1, 0.15) is 45.1 Å². The maximum atomic E-state index is 12.7. The van der Waals surface area contributed by atoms with Crippen molar-refractivity contribution in [1.29, 1.82) is 0 Å². The van der Waals surface area contributed by atoms with Gasteiger partial charge in [-0.2, -0.15) is 0 Å². The van der Waals surface area contributed by atoms with Crippen molar-refractivity contribution in [2.45, 2.75) is 46.1 Å². The first-order valence-corrected chi connectivity index (χ1v) is 13.4. The second-order valence-electron chi connectivity index (χ2n) is 9.16. The zero-order chi connectivity index (χ0) is 25.6. The van der Waals surface area contributed by atoms with E-state index in [2.05, 4.69) is 47.5 Å². The highest BCUT2D eigenvalue weighted by Crippen LogP contribution is 2.26. The molecule has 2 aliphatic rings. The van der Waals surface area contributed by atoms with Gasteiger partial charge in [0.05, 0.1) is 15.9 Å². The third-order valence-corrected chi connectivity index (χ3v) is 6.60. The molecule has 0 spiro atoms. The molecular formula is C28H41Cl2FN4. The van der Waals surface area contributed by atoms with Crippen LogP contribution in [0.15, 0.2) is 54.9 Å². The molecule has 2 heterocycles. The van der Waals surface area contributed by atoms with Crippen LogP contribution in [0.3, 0.4) is 0 Å². The van der Waals surface area contributed by atoms with E-state index in [0.29, 0.717) is 10.0 Å². The lowest BCUT2D eigenvalue weighted by Gasteiger charge is -2.35. The predicted molar refractivity (Wildman–Crippen MR) is 150 cm³/mol. The molecule has 4 rings (SSSR count). The normalized spacial score (nSPS) is 16.5. The van der Waals surface area contributed by atoms with Crippen molar-refractivity contribution in [2.24, 2.45) is 0 Å². The van der Waals surface area contributed by atoms with Gasteiger partial charge in [0.1, 0.15) is 5.82 Å². The van der Waals surface area contributed by atoms with Gasteiger partial charge in [0.2, 0.25) is 0 Å². The molecule has 0 atom stereocenters. The summed E-state index contributed by atoms with van der Waals surface area (Å²) in [6, 6.07) is 12.3. The fourth-order valence-electron chi connectivity index (χ4n) is 3.86. The molecule has 2 aromatic carbocycles. The summed E-state index contributed by atoms with van der Waals surface area (Å²) in [5.41, 5.74) is 2.13. The molecule has 2 saturated heterocycles. The highest BCUT2D eigenvalue weighted by atomic mass is 35.5. The first kappa shape index (κ1) is 29.4. The Morgan fingerprint density at radius 2 is 1.49 bits per heavy atom. The van der Waals surface area contributed by atoms with Crippen molar-refractivity contribution < 1.29 is 4.39 Å². The average molecular weight is 524 g/mol. The standard InChI is InChI=1S/C13H17Cl2N3.C12H16FN.C3H8/c1-10(18-7-5-17(2)6-8-18)16-11-3-4-12(14)13(15)9-11;13-12-6-4-11(5-7-12)10-14-8-2-1-3-9-14;1-3-2/h3-4,9,16H,1,5-8H2,2H3;4-7H,1-3,8-10H2;3H2,1-2H3. The molecule has 2 fully saturated rings. The summed E-state index contributed by atoms with van der Waals surface area (Å²) >= 11 is 11.9. The summed E-state index contributed by atoms with van der Waals surface area (Å²) in [6.45, 7) is 15.8. The smallest absolute Gasteiger partial charge is 0.123 e. The van der Waals surface area contributed by atoms with Crippen molar-refractivity contribution in [2.75, 3.05) is 51.6 Å². The first-order valence-electron chi connectivity index (χ1n) is 12.6. The molecule has 7 heteroatoms. The quantitative estimate of drug-likeness (QED) is 0.442. The third-order valence-electron chi connectivity index (χ3n) is 5.86. The van der Waals surface area contributed by atoms with Gasteiger partial charge in [0.15, 0.2) is 0 Å². The number of likely N-dealkylation sites (tertiary alicyclic amines) is 1. The zero-order valence-electron chi connectivity index (χ0n) is 21.5. The van der Waals surface area contributed by atoms with E-state index in [1.54, 1.807) is 18.2 Å². The molecule has 2 aliphatic heterocycles. The number of nitrogens with zero attached hydrogens (tertiary/aromatic N) is 3. The minimum Gasteiger partial charge on any atom is -0.356 e. The number of hydrogen-bond acceptors (Lipinski definition) is 4. The van der Waals surface area contributed by atoms with Gasteiger partial charge in [-0.3, -0.25) is 4.90 Å². The van der Waals surface area contributed by atoms with Gasteiger partial charge in [-0.25, -0.2) is 4.39 Å². The minimum atomic E-state index is -0.146. The van der Waals surface area contributed by atoms with Gasteiger partial charge in [0, 0.05) is 38.4 Å². The van der Waals surface area contributed by atoms with E-state index in [9.17, 15) is 4.39 Å². The molecule has 0 amide bonds. The first-order chi connectivity index (χ1) is 16.8. The molecule has 2 aromatic rings. The van der Waals surface area contributed by atoms with Gasteiger partial charge in [-0.05, 0) is 68.9 Å². The van der Waals surface area contributed by atoms with Crippen LogP contribution in [-0.2, 0) is 6.54 Å². The maximum absolute atomic E-state index is 12.7. The molecule has 35 heavy (non-hydrogen) atoms. The van der Waals surface area contributed by atoms with E-state index in [1.807, 2.05) is 24.3 Å². The second-order valence-corrected chi connectivity index (χ2v) is 9.98. The molecule has 194 valence electrons. The van der Waals surface area contributed by atoms with E-state index in [-0.39, 0.29) is 5.82 Å². The summed E-state index contributed by atoms with van der Waals surface area (Å²) in [5.74, 6) is 0.758. The van der Waals surface area contributed by atoms with Crippen molar-refractivity contribution in [3.05, 3.63) is 76.3 Å². The molecule has 0 bridgehead atoms. The SMILES string of the molecule is C=C(Nc1ccc(Cl)c(Cl)c1)N1CCN(C)CC1.CCC.Fc1ccc(CN2CCCCC2)cc1. The average Bonchev–Trinajstić information content (AvgIpc) is 2.85. The number of likely N-dealkylation sites (N-methyl/N-ethyl adjacent to an activating group) is 1. The van der Waals surface area contributed by atoms with E-state index < -0.39 is 0 Å². The highest BCUT2D eigenvalue weighted by Gasteiger charge is 2.15. The molecule has 0 unspecified atom stereocenters. The Labute approximate surface area is 221 Å². The lowest BCUT2D eigenvalue weighted by Crippen LogP contribution is -2.44.